The Hall–Kier alpha value is -3.85. The summed E-state index contributed by atoms with van der Waals surface area (Å²) < 4.78 is 12.3. The van der Waals surface area contributed by atoms with Crippen molar-refractivity contribution in [2.45, 2.75) is 26.5 Å². The fourth-order valence-corrected chi connectivity index (χ4v) is 4.31. The third-order valence-electron chi connectivity index (χ3n) is 6.02. The lowest BCUT2D eigenvalue weighted by Crippen LogP contribution is -2.47. The third kappa shape index (κ3) is 4.10. The molecule has 1 amide bonds. The molecule has 0 atom stereocenters. The fourth-order valence-electron chi connectivity index (χ4n) is 4.31. The molecule has 0 bridgehead atoms. The van der Waals surface area contributed by atoms with Crippen molar-refractivity contribution in [1.29, 1.82) is 0 Å². The molecule has 2 aliphatic heterocycles. The number of nitrogens with zero attached hydrogens (tertiary/aromatic N) is 4. The van der Waals surface area contributed by atoms with Gasteiger partial charge < -0.3 is 24.3 Å². The number of ether oxygens (including phenoxy) is 1. The highest BCUT2D eigenvalue weighted by molar-refractivity contribution is 5.95. The van der Waals surface area contributed by atoms with E-state index in [2.05, 4.69) is 15.1 Å². The first-order chi connectivity index (χ1) is 16.4. The Morgan fingerprint density at radius 3 is 2.65 bits per heavy atom. The average molecular weight is 463 g/mol. The van der Waals surface area contributed by atoms with Crippen molar-refractivity contribution in [3.8, 4) is 11.5 Å². The molecule has 1 fully saturated rings. The van der Waals surface area contributed by atoms with E-state index in [1.807, 2.05) is 44.2 Å². The molecular formula is C25H26N4O5. The van der Waals surface area contributed by atoms with Crippen molar-refractivity contribution in [3.05, 3.63) is 53.3 Å². The maximum atomic E-state index is 11.3. The molecule has 5 rings (SSSR count). The van der Waals surface area contributed by atoms with Gasteiger partial charge in [-0.1, -0.05) is 18.2 Å². The number of carboxylic acid groups (broad SMARTS) is 1. The molecule has 0 radical (unpaired) electrons. The quantitative estimate of drug-likeness (QED) is 0.531. The fraction of sp³-hybridized carbons (Fsp3) is 0.320. The minimum atomic E-state index is -0.898. The average Bonchev–Trinajstić information content (AvgIpc) is 3.37. The summed E-state index contributed by atoms with van der Waals surface area (Å²) in [6.45, 7) is 6.51. The predicted octanol–water partition coefficient (Wildman–Crippen LogP) is 5.32. The van der Waals surface area contributed by atoms with E-state index in [0.717, 1.165) is 16.8 Å². The molecule has 0 spiro atoms. The van der Waals surface area contributed by atoms with E-state index in [0.29, 0.717) is 60.9 Å². The van der Waals surface area contributed by atoms with E-state index in [1.54, 1.807) is 12.1 Å². The van der Waals surface area contributed by atoms with Gasteiger partial charge in [0.15, 0.2) is 11.5 Å². The summed E-state index contributed by atoms with van der Waals surface area (Å²) in [4.78, 5) is 14.8. The first kappa shape index (κ1) is 22.0. The van der Waals surface area contributed by atoms with Gasteiger partial charge in [-0.15, -0.1) is 10.2 Å². The second-order valence-corrected chi connectivity index (χ2v) is 8.69. The molecule has 2 N–H and O–H groups in total. The number of rotatable bonds is 5. The number of hydrogen-bond acceptors (Lipinski definition) is 7. The number of benzene rings is 2. The van der Waals surface area contributed by atoms with Gasteiger partial charge in [0.05, 0.1) is 28.4 Å². The van der Waals surface area contributed by atoms with E-state index < -0.39 is 6.09 Å². The molecule has 0 unspecified atom stereocenters. The molecule has 3 heterocycles. The predicted molar refractivity (Wildman–Crippen MR) is 127 cm³/mol. The smallest absolute Gasteiger partial charge is 0.407 e. The van der Waals surface area contributed by atoms with Gasteiger partial charge in [0.25, 0.3) is 0 Å². The second kappa shape index (κ2) is 8.83. The standard InChI is InChI=1S/C25H26N4O5/c1-15(2)33-21-8-7-17-23(30)22(13-20-16-5-3-4-6-19(16)26-27-20)34-24(17)18(21)14-28-9-11-29(12-10-28)25(31)32/h3-8,13,15,30H,9-12,14H2,1-2H3,(H,31,32). The summed E-state index contributed by atoms with van der Waals surface area (Å²) in [5, 5.41) is 29.2. The van der Waals surface area contributed by atoms with E-state index >= 15 is 0 Å². The topological polar surface area (TPSA) is 111 Å². The summed E-state index contributed by atoms with van der Waals surface area (Å²) in [7, 11) is 0. The molecule has 9 nitrogen and oxygen atoms in total. The van der Waals surface area contributed by atoms with Gasteiger partial charge in [0.1, 0.15) is 11.3 Å². The maximum Gasteiger partial charge on any atom is 0.407 e. The van der Waals surface area contributed by atoms with Crippen molar-refractivity contribution in [3.63, 3.8) is 0 Å². The van der Waals surface area contributed by atoms with Crippen LogP contribution in [0.4, 0.5) is 10.5 Å². The molecule has 2 aliphatic rings. The van der Waals surface area contributed by atoms with Crippen molar-refractivity contribution in [2.75, 3.05) is 26.2 Å². The zero-order chi connectivity index (χ0) is 23.8. The van der Waals surface area contributed by atoms with Gasteiger partial charge in [-0.05, 0) is 32.0 Å². The van der Waals surface area contributed by atoms with Gasteiger partial charge >= 0.3 is 6.09 Å². The van der Waals surface area contributed by atoms with Crippen molar-refractivity contribution < 1.29 is 24.2 Å². The summed E-state index contributed by atoms with van der Waals surface area (Å²) in [5.74, 6) is 1.02. The van der Waals surface area contributed by atoms with E-state index in [1.165, 1.54) is 4.90 Å². The highest BCUT2D eigenvalue weighted by Crippen LogP contribution is 2.42. The van der Waals surface area contributed by atoms with E-state index in [9.17, 15) is 15.0 Å². The Bertz CT molecular complexity index is 1300. The molecule has 0 saturated carbocycles. The monoisotopic (exact) mass is 462 g/mol. The number of aromatic hydroxyl groups is 1. The van der Waals surface area contributed by atoms with Crippen LogP contribution in [0.5, 0.6) is 11.5 Å². The van der Waals surface area contributed by atoms with Gasteiger partial charge in [-0.3, -0.25) is 4.90 Å². The lowest BCUT2D eigenvalue weighted by Gasteiger charge is -2.33. The SMILES string of the molecule is CC(C)Oc1ccc2c(O)c(C=C3N=Nc4ccccc43)oc2c1CN1CCN(C(=O)O)CC1. The Kier molecular flexibility index (Phi) is 5.70. The van der Waals surface area contributed by atoms with Crippen molar-refractivity contribution >= 4 is 34.5 Å². The summed E-state index contributed by atoms with van der Waals surface area (Å²) >= 11 is 0. The minimum Gasteiger partial charge on any atom is -0.504 e. The van der Waals surface area contributed by atoms with Crippen LogP contribution in [0, 0.1) is 0 Å². The van der Waals surface area contributed by atoms with Gasteiger partial charge in [0.2, 0.25) is 0 Å². The first-order valence-corrected chi connectivity index (χ1v) is 11.3. The molecular weight excluding hydrogens is 436 g/mol. The van der Waals surface area contributed by atoms with Crippen LogP contribution < -0.4 is 4.74 Å². The Labute approximate surface area is 196 Å². The van der Waals surface area contributed by atoms with Gasteiger partial charge in [0, 0.05) is 44.4 Å². The zero-order valence-electron chi connectivity index (χ0n) is 19.1. The second-order valence-electron chi connectivity index (χ2n) is 8.69. The largest absolute Gasteiger partial charge is 0.504 e. The number of amides is 1. The minimum absolute atomic E-state index is 0.0372. The normalized spacial score (nSPS) is 17.1. The maximum absolute atomic E-state index is 11.3. The van der Waals surface area contributed by atoms with Crippen molar-refractivity contribution in [2.24, 2.45) is 10.2 Å². The molecule has 2 aromatic carbocycles. The lowest BCUT2D eigenvalue weighted by atomic mass is 10.1. The van der Waals surface area contributed by atoms with E-state index in [-0.39, 0.29) is 11.9 Å². The van der Waals surface area contributed by atoms with Crippen LogP contribution in [-0.4, -0.2) is 58.4 Å². The number of hydrogen-bond donors (Lipinski definition) is 2. The highest BCUT2D eigenvalue weighted by atomic mass is 16.5. The molecule has 3 aromatic rings. The first-order valence-electron chi connectivity index (χ1n) is 11.3. The van der Waals surface area contributed by atoms with Gasteiger partial charge in [-0.2, -0.15) is 0 Å². The molecule has 34 heavy (non-hydrogen) atoms. The summed E-state index contributed by atoms with van der Waals surface area (Å²) in [5.41, 5.74) is 3.64. The van der Waals surface area contributed by atoms with Crippen LogP contribution in [0.25, 0.3) is 22.7 Å². The number of carbonyl (C=O) groups is 1. The molecule has 1 aromatic heterocycles. The zero-order valence-corrected chi connectivity index (χ0v) is 19.1. The third-order valence-corrected chi connectivity index (χ3v) is 6.02. The number of piperazine rings is 1. The number of furan rings is 1. The Morgan fingerprint density at radius 2 is 1.91 bits per heavy atom. The van der Waals surface area contributed by atoms with Crippen LogP contribution in [0.2, 0.25) is 0 Å². The summed E-state index contributed by atoms with van der Waals surface area (Å²) in [6.07, 6.45) is 0.758. The van der Waals surface area contributed by atoms with Crippen LogP contribution in [0.1, 0.15) is 30.7 Å². The number of fused-ring (bicyclic) bond motifs is 2. The van der Waals surface area contributed by atoms with Gasteiger partial charge in [-0.25, -0.2) is 4.79 Å². The molecule has 1 saturated heterocycles. The van der Waals surface area contributed by atoms with Crippen LogP contribution >= 0.6 is 0 Å². The Morgan fingerprint density at radius 1 is 1.15 bits per heavy atom. The van der Waals surface area contributed by atoms with E-state index in [4.69, 9.17) is 9.15 Å². The Balaban J connectivity index is 1.52. The molecule has 9 heteroatoms. The van der Waals surface area contributed by atoms with Crippen LogP contribution in [-0.2, 0) is 6.54 Å². The van der Waals surface area contributed by atoms with Crippen LogP contribution in [0.15, 0.2) is 51.0 Å². The number of azo groups is 1. The van der Waals surface area contributed by atoms with Crippen molar-refractivity contribution in [1.82, 2.24) is 9.80 Å². The molecule has 176 valence electrons. The lowest BCUT2D eigenvalue weighted by molar-refractivity contribution is 0.102. The highest BCUT2D eigenvalue weighted by Gasteiger charge is 2.25. The van der Waals surface area contributed by atoms with Crippen LogP contribution in [0.3, 0.4) is 0 Å². The molecule has 0 aliphatic carbocycles. The summed E-state index contributed by atoms with van der Waals surface area (Å²) in [6, 6.07) is 11.3.